The topological polar surface area (TPSA) is 90.3 Å². The third-order valence-electron chi connectivity index (χ3n) is 7.06. The number of ether oxygens (including phenoxy) is 1. The number of nitrogens with zero attached hydrogens (tertiary/aromatic N) is 2. The molecule has 2 aromatic carbocycles. The Morgan fingerprint density at radius 2 is 2.06 bits per heavy atom. The maximum absolute atomic E-state index is 12.6. The van der Waals surface area contributed by atoms with Crippen molar-refractivity contribution in [2.75, 3.05) is 30.5 Å². The van der Waals surface area contributed by atoms with Gasteiger partial charge in [0.25, 0.3) is 11.3 Å². The van der Waals surface area contributed by atoms with Crippen LogP contribution in [0.5, 0.6) is 5.75 Å². The molecule has 1 saturated heterocycles. The van der Waals surface area contributed by atoms with Crippen molar-refractivity contribution < 1.29 is 23.4 Å². The van der Waals surface area contributed by atoms with Crippen LogP contribution in [-0.2, 0) is 17.7 Å². The number of para-hydroxylation sites is 1. The maximum Gasteiger partial charge on any atom is 0.341 e. The molecule has 5 rings (SSSR count). The van der Waals surface area contributed by atoms with Crippen molar-refractivity contribution >= 4 is 28.6 Å². The number of aromatic carboxylic acids is 1. The normalized spacial score (nSPS) is 24.9. The molecule has 2 aliphatic heterocycles. The molecular formula is C24H28N2O5S. The number of fused-ring (bicyclic) bond motifs is 3. The number of carboxylic acids is 1. The van der Waals surface area contributed by atoms with Crippen LogP contribution in [0.4, 0.5) is 11.4 Å². The Bertz CT molecular complexity index is 1070. The molecule has 0 bridgehead atoms. The minimum Gasteiger partial charge on any atom is -0.492 e. The van der Waals surface area contributed by atoms with Crippen LogP contribution in [0, 0.1) is 11.8 Å². The molecule has 2 heterocycles. The molecule has 0 radical (unpaired) electrons. The van der Waals surface area contributed by atoms with Gasteiger partial charge in [0.1, 0.15) is 11.3 Å². The fraction of sp³-hybridized carbons (Fsp3) is 0.458. The first-order valence-corrected chi connectivity index (χ1v) is 12.3. The third-order valence-corrected chi connectivity index (χ3v) is 7.76. The van der Waals surface area contributed by atoms with Crippen molar-refractivity contribution in [3.8, 4) is 5.75 Å². The van der Waals surface area contributed by atoms with Crippen molar-refractivity contribution in [3.05, 3.63) is 53.1 Å². The lowest BCUT2D eigenvalue weighted by atomic mass is 9.96. The molecule has 2 fully saturated rings. The summed E-state index contributed by atoms with van der Waals surface area (Å²) in [7, 11) is 0. The minimum atomic E-state index is -2.45. The van der Waals surface area contributed by atoms with Gasteiger partial charge in [0.2, 0.25) is 0 Å². The van der Waals surface area contributed by atoms with Gasteiger partial charge in [-0.3, -0.25) is 4.55 Å². The monoisotopic (exact) mass is 456 g/mol. The molecule has 8 heteroatoms. The average molecular weight is 457 g/mol. The smallest absolute Gasteiger partial charge is 0.341 e. The van der Waals surface area contributed by atoms with Crippen LogP contribution in [0.25, 0.3) is 0 Å². The first-order valence-electron chi connectivity index (χ1n) is 11.2. The van der Waals surface area contributed by atoms with E-state index >= 15 is 0 Å². The molecule has 4 atom stereocenters. The zero-order valence-corrected chi connectivity index (χ0v) is 18.9. The lowest BCUT2D eigenvalue weighted by Crippen LogP contribution is -2.25. The van der Waals surface area contributed by atoms with Crippen LogP contribution in [-0.4, -0.2) is 51.0 Å². The molecule has 3 aliphatic rings. The molecule has 0 aromatic heterocycles. The number of hydrogen-bond donors (Lipinski definition) is 2. The van der Waals surface area contributed by atoms with Crippen LogP contribution < -0.4 is 9.04 Å². The fourth-order valence-electron chi connectivity index (χ4n) is 5.27. The maximum atomic E-state index is 12.6. The molecule has 1 saturated carbocycles. The molecule has 170 valence electrons. The molecule has 1 unspecified atom stereocenters. The average Bonchev–Trinajstić information content (AvgIpc) is 3.44. The zero-order valence-electron chi connectivity index (χ0n) is 18.1. The molecule has 2 N–H and O–H groups in total. The van der Waals surface area contributed by atoms with E-state index in [0.29, 0.717) is 35.8 Å². The zero-order chi connectivity index (χ0) is 22.4. The van der Waals surface area contributed by atoms with Gasteiger partial charge in [-0.05, 0) is 67.4 Å². The molecule has 7 nitrogen and oxygen atoms in total. The van der Waals surface area contributed by atoms with E-state index in [1.165, 1.54) is 4.31 Å². The fourth-order valence-corrected chi connectivity index (χ4v) is 5.94. The first-order chi connectivity index (χ1) is 15.5. The number of anilines is 2. The van der Waals surface area contributed by atoms with Gasteiger partial charge in [-0.1, -0.05) is 31.2 Å². The SMILES string of the molecule is CCN1CC[C@@H](Cc2ccccc2N(c2ccc3c(c2C(=O)O)OC[C@@H]2C[C@H]32)S(=O)O)C1. The van der Waals surface area contributed by atoms with E-state index < -0.39 is 17.2 Å². The first kappa shape index (κ1) is 21.4. The Morgan fingerprint density at radius 3 is 2.78 bits per heavy atom. The van der Waals surface area contributed by atoms with Crippen molar-refractivity contribution in [2.24, 2.45) is 11.8 Å². The van der Waals surface area contributed by atoms with Crippen molar-refractivity contribution in [3.63, 3.8) is 0 Å². The summed E-state index contributed by atoms with van der Waals surface area (Å²) >= 11 is -2.45. The van der Waals surface area contributed by atoms with Gasteiger partial charge >= 0.3 is 5.97 Å². The summed E-state index contributed by atoms with van der Waals surface area (Å²) in [6.07, 6.45) is 2.86. The predicted molar refractivity (Wildman–Crippen MR) is 123 cm³/mol. The number of hydrogen-bond acceptors (Lipinski definition) is 4. The molecule has 0 spiro atoms. The Kier molecular flexibility index (Phi) is 5.69. The molecular weight excluding hydrogens is 428 g/mol. The summed E-state index contributed by atoms with van der Waals surface area (Å²) in [5, 5.41) is 10.1. The molecule has 1 aliphatic carbocycles. The minimum absolute atomic E-state index is 0.0388. The van der Waals surface area contributed by atoms with Crippen LogP contribution in [0.15, 0.2) is 36.4 Å². The lowest BCUT2D eigenvalue weighted by molar-refractivity contribution is 0.0692. The second-order valence-corrected chi connectivity index (χ2v) is 9.83. The summed E-state index contributed by atoms with van der Waals surface area (Å²) < 4.78 is 30.0. The van der Waals surface area contributed by atoms with Gasteiger partial charge in [-0.15, -0.1) is 0 Å². The van der Waals surface area contributed by atoms with E-state index in [2.05, 4.69) is 11.8 Å². The largest absolute Gasteiger partial charge is 0.492 e. The van der Waals surface area contributed by atoms with Gasteiger partial charge in [0.05, 0.1) is 18.0 Å². The second-order valence-electron chi connectivity index (χ2n) is 9.00. The molecule has 32 heavy (non-hydrogen) atoms. The van der Waals surface area contributed by atoms with E-state index in [1.54, 1.807) is 12.1 Å². The van der Waals surface area contributed by atoms with Gasteiger partial charge in [0, 0.05) is 12.5 Å². The Morgan fingerprint density at radius 1 is 1.25 bits per heavy atom. The third kappa shape index (κ3) is 3.80. The number of carbonyl (C=O) groups is 1. The van der Waals surface area contributed by atoms with Crippen molar-refractivity contribution in [1.29, 1.82) is 0 Å². The van der Waals surface area contributed by atoms with E-state index in [-0.39, 0.29) is 11.3 Å². The summed E-state index contributed by atoms with van der Waals surface area (Å²) in [6.45, 7) is 5.73. The van der Waals surface area contributed by atoms with Gasteiger partial charge in [-0.25, -0.2) is 13.3 Å². The summed E-state index contributed by atoms with van der Waals surface area (Å²) in [5.41, 5.74) is 2.54. The Labute approximate surface area is 190 Å². The van der Waals surface area contributed by atoms with Gasteiger partial charge < -0.3 is 14.7 Å². The van der Waals surface area contributed by atoms with E-state index in [0.717, 1.165) is 50.0 Å². The van der Waals surface area contributed by atoms with Crippen LogP contribution >= 0.6 is 0 Å². The summed E-state index contributed by atoms with van der Waals surface area (Å²) in [5.74, 6) is 0.431. The standard InChI is InChI=1S/C24H28N2O5S/c1-2-25-10-9-15(13-25)11-16-5-3-4-6-20(16)26(32(29)30)21-8-7-18-19-12-17(19)14-31-23(18)22(21)24(27)28/h3-8,15,17,19H,2,9-14H2,1H3,(H,27,28)(H,29,30)/t15-,17-,19-/m0/s1. The highest BCUT2D eigenvalue weighted by molar-refractivity contribution is 7.81. The van der Waals surface area contributed by atoms with Crippen LogP contribution in [0.3, 0.4) is 0 Å². The quantitative estimate of drug-likeness (QED) is 0.611. The number of rotatable bonds is 7. The van der Waals surface area contributed by atoms with Crippen molar-refractivity contribution in [2.45, 2.75) is 32.1 Å². The van der Waals surface area contributed by atoms with Crippen LogP contribution in [0.2, 0.25) is 0 Å². The van der Waals surface area contributed by atoms with E-state index in [4.69, 9.17) is 4.74 Å². The van der Waals surface area contributed by atoms with Gasteiger partial charge in [0.15, 0.2) is 0 Å². The number of carboxylic acid groups (broad SMARTS) is 1. The number of benzene rings is 2. The highest BCUT2D eigenvalue weighted by atomic mass is 32.2. The Balaban J connectivity index is 1.56. The summed E-state index contributed by atoms with van der Waals surface area (Å²) in [4.78, 5) is 14.7. The number of likely N-dealkylation sites (tertiary alicyclic amines) is 1. The summed E-state index contributed by atoms with van der Waals surface area (Å²) in [6, 6.07) is 11.0. The van der Waals surface area contributed by atoms with E-state index in [1.807, 2.05) is 24.3 Å². The Hall–Kier alpha value is -2.42. The highest BCUT2D eigenvalue weighted by Gasteiger charge is 2.46. The highest BCUT2D eigenvalue weighted by Crippen LogP contribution is 2.56. The molecule has 0 amide bonds. The van der Waals surface area contributed by atoms with Gasteiger partial charge in [-0.2, -0.15) is 0 Å². The second kappa shape index (κ2) is 8.50. The lowest BCUT2D eigenvalue weighted by Gasteiger charge is -2.28. The molecule has 2 aromatic rings. The van der Waals surface area contributed by atoms with E-state index in [9.17, 15) is 18.7 Å². The van der Waals surface area contributed by atoms with Crippen LogP contribution in [0.1, 0.15) is 47.2 Å². The predicted octanol–water partition coefficient (Wildman–Crippen LogP) is 4.04. The van der Waals surface area contributed by atoms with Crippen molar-refractivity contribution in [1.82, 2.24) is 4.90 Å².